The highest BCUT2D eigenvalue weighted by molar-refractivity contribution is 6.31. The van der Waals surface area contributed by atoms with E-state index < -0.39 is 0 Å². The summed E-state index contributed by atoms with van der Waals surface area (Å²) < 4.78 is 0. The summed E-state index contributed by atoms with van der Waals surface area (Å²) in [6.45, 7) is 8.09. The molecule has 0 nitrogen and oxygen atoms in total. The molecule has 0 aromatic heterocycles. The van der Waals surface area contributed by atoms with Crippen LogP contribution in [0.3, 0.4) is 0 Å². The lowest BCUT2D eigenvalue weighted by Crippen LogP contribution is -1.91. The Bertz CT molecular complexity index is 810. The van der Waals surface area contributed by atoms with Crippen molar-refractivity contribution in [2.24, 2.45) is 0 Å². The fraction of sp³-hybridized carbons (Fsp3) is 0.182. The molecule has 118 valence electrons. The molecule has 0 atom stereocenters. The first kappa shape index (κ1) is 17.3. The van der Waals surface area contributed by atoms with Crippen molar-refractivity contribution in [2.75, 3.05) is 0 Å². The van der Waals surface area contributed by atoms with Crippen molar-refractivity contribution in [2.45, 2.75) is 27.7 Å². The highest BCUT2D eigenvalue weighted by Gasteiger charge is 2.10. The lowest BCUT2D eigenvalue weighted by molar-refractivity contribution is 1.48. The van der Waals surface area contributed by atoms with Crippen LogP contribution in [0.25, 0.3) is 28.0 Å². The number of aryl methyl sites for hydroxylation is 1. The van der Waals surface area contributed by atoms with Crippen LogP contribution in [0, 0.1) is 6.92 Å². The molecule has 0 saturated heterocycles. The monoisotopic (exact) mass is 322 g/mol. The smallest absolute Gasteiger partial charge is 0.0156 e. The fourth-order valence-corrected chi connectivity index (χ4v) is 2.90. The van der Waals surface area contributed by atoms with Crippen molar-refractivity contribution in [3.05, 3.63) is 76.8 Å². The van der Waals surface area contributed by atoms with Gasteiger partial charge in [-0.2, -0.15) is 0 Å². The van der Waals surface area contributed by atoms with Gasteiger partial charge in [-0.25, -0.2) is 0 Å². The van der Waals surface area contributed by atoms with Gasteiger partial charge in [0.1, 0.15) is 0 Å². The first-order valence-corrected chi connectivity index (χ1v) is 8.46. The third kappa shape index (κ3) is 3.83. The molecule has 0 aliphatic rings. The summed E-state index contributed by atoms with van der Waals surface area (Å²) in [5.74, 6) is 0. The third-order valence-electron chi connectivity index (χ3n) is 3.79. The average molecular weight is 323 g/mol. The molecule has 1 heteroatoms. The van der Waals surface area contributed by atoms with E-state index in [1.165, 1.54) is 33.0 Å². The number of fused-ring (bicyclic) bond motifs is 1. The van der Waals surface area contributed by atoms with Crippen LogP contribution in [0.5, 0.6) is 0 Å². The van der Waals surface area contributed by atoms with Crippen molar-refractivity contribution in [1.29, 1.82) is 0 Å². The molecular formula is C22H23Cl. The van der Waals surface area contributed by atoms with Gasteiger partial charge < -0.3 is 0 Å². The van der Waals surface area contributed by atoms with Gasteiger partial charge in [0.05, 0.1) is 0 Å². The molecule has 0 amide bonds. The van der Waals surface area contributed by atoms with Gasteiger partial charge in [0.25, 0.3) is 0 Å². The van der Waals surface area contributed by atoms with Crippen LogP contribution < -0.4 is 0 Å². The Morgan fingerprint density at radius 3 is 2.17 bits per heavy atom. The number of halogens is 1. The molecule has 0 bridgehead atoms. The largest absolute Gasteiger partial charge is 0.0894 e. The van der Waals surface area contributed by atoms with Crippen LogP contribution in [0.15, 0.2) is 65.7 Å². The fourth-order valence-electron chi connectivity index (χ4n) is 2.79. The van der Waals surface area contributed by atoms with E-state index in [9.17, 15) is 0 Å². The zero-order valence-electron chi connectivity index (χ0n) is 14.2. The summed E-state index contributed by atoms with van der Waals surface area (Å²) in [6.07, 6.45) is 2.06. The van der Waals surface area contributed by atoms with E-state index in [0.717, 1.165) is 5.03 Å². The summed E-state index contributed by atoms with van der Waals surface area (Å²) in [5, 5.41) is 3.34. The molecule has 0 aliphatic carbocycles. The molecule has 0 aliphatic heterocycles. The number of rotatable bonds is 2. The normalized spacial score (nSPS) is 11.1. The van der Waals surface area contributed by atoms with Crippen LogP contribution in [0.4, 0.5) is 0 Å². The molecule has 0 heterocycles. The minimum Gasteiger partial charge on any atom is -0.0894 e. The Kier molecular flexibility index (Phi) is 6.01. The zero-order chi connectivity index (χ0) is 16.8. The van der Waals surface area contributed by atoms with E-state index >= 15 is 0 Å². The Hall–Kier alpha value is -2.05. The summed E-state index contributed by atoms with van der Waals surface area (Å²) in [4.78, 5) is 0. The van der Waals surface area contributed by atoms with E-state index in [4.69, 9.17) is 11.6 Å². The van der Waals surface area contributed by atoms with E-state index in [0.29, 0.717) is 0 Å². The molecule has 0 saturated carbocycles. The van der Waals surface area contributed by atoms with Gasteiger partial charge in [0.15, 0.2) is 0 Å². The van der Waals surface area contributed by atoms with Crippen molar-refractivity contribution >= 4 is 28.4 Å². The van der Waals surface area contributed by atoms with Gasteiger partial charge in [-0.05, 0) is 59.0 Å². The maximum atomic E-state index is 6.16. The first-order valence-electron chi connectivity index (χ1n) is 8.08. The molecule has 0 spiro atoms. The third-order valence-corrected chi connectivity index (χ3v) is 3.90. The Labute approximate surface area is 144 Å². The Balaban J connectivity index is 0.000000924. The number of hydrogen-bond donors (Lipinski definition) is 0. The Morgan fingerprint density at radius 2 is 1.52 bits per heavy atom. The minimum atomic E-state index is 0.797. The summed E-state index contributed by atoms with van der Waals surface area (Å²) in [7, 11) is 0. The van der Waals surface area contributed by atoms with E-state index in [1.807, 2.05) is 26.8 Å². The zero-order valence-corrected chi connectivity index (χ0v) is 15.0. The SMILES string of the molecule is C/C(Cl)=C\c1c(-c2ccccc2)cc2ccccc2c1C.CC. The van der Waals surface area contributed by atoms with Gasteiger partial charge >= 0.3 is 0 Å². The van der Waals surface area contributed by atoms with Crippen LogP contribution in [-0.4, -0.2) is 0 Å². The van der Waals surface area contributed by atoms with Crippen molar-refractivity contribution in [1.82, 2.24) is 0 Å². The second-order valence-electron chi connectivity index (χ2n) is 5.28. The molecule has 3 aromatic carbocycles. The second kappa shape index (κ2) is 7.99. The van der Waals surface area contributed by atoms with Crippen LogP contribution in [0.1, 0.15) is 31.9 Å². The highest BCUT2D eigenvalue weighted by Crippen LogP contribution is 2.34. The standard InChI is InChI=1S/C20H17Cl.C2H6/c1-14(21)12-19-15(2)18-11-7-6-10-17(18)13-20(19)16-8-4-3-5-9-16;1-2/h3-13H,1-2H3;1-2H3/b14-12+;. The maximum absolute atomic E-state index is 6.16. The number of allylic oxidation sites excluding steroid dienone is 1. The lowest BCUT2D eigenvalue weighted by atomic mass is 9.91. The first-order chi connectivity index (χ1) is 11.2. The quantitative estimate of drug-likeness (QED) is 0.460. The summed E-state index contributed by atoms with van der Waals surface area (Å²) in [5.41, 5.74) is 4.92. The maximum Gasteiger partial charge on any atom is 0.0156 e. The molecule has 0 radical (unpaired) electrons. The summed E-state index contributed by atoms with van der Waals surface area (Å²) in [6, 6.07) is 21.2. The average Bonchev–Trinajstić information content (AvgIpc) is 2.59. The molecule has 0 unspecified atom stereocenters. The van der Waals surface area contributed by atoms with Crippen molar-refractivity contribution in [3.63, 3.8) is 0 Å². The van der Waals surface area contributed by atoms with Crippen molar-refractivity contribution in [3.8, 4) is 11.1 Å². The lowest BCUT2D eigenvalue weighted by Gasteiger charge is -2.14. The van der Waals surface area contributed by atoms with Gasteiger partial charge in [0.2, 0.25) is 0 Å². The van der Waals surface area contributed by atoms with Crippen LogP contribution >= 0.6 is 11.6 Å². The second-order valence-corrected chi connectivity index (χ2v) is 5.88. The topological polar surface area (TPSA) is 0 Å². The van der Waals surface area contributed by atoms with Crippen molar-refractivity contribution < 1.29 is 0 Å². The van der Waals surface area contributed by atoms with E-state index in [1.54, 1.807) is 0 Å². The van der Waals surface area contributed by atoms with Gasteiger partial charge in [-0.1, -0.05) is 80.0 Å². The number of hydrogen-bond acceptors (Lipinski definition) is 0. The molecule has 0 fully saturated rings. The predicted molar refractivity (Wildman–Crippen MR) is 105 cm³/mol. The predicted octanol–water partition coefficient (Wildman–Crippen LogP) is 7.44. The number of benzene rings is 3. The Morgan fingerprint density at radius 1 is 0.913 bits per heavy atom. The molecule has 3 rings (SSSR count). The highest BCUT2D eigenvalue weighted by atomic mass is 35.5. The van der Waals surface area contributed by atoms with Crippen LogP contribution in [0.2, 0.25) is 0 Å². The van der Waals surface area contributed by atoms with E-state index in [2.05, 4.69) is 67.6 Å². The van der Waals surface area contributed by atoms with Crippen LogP contribution in [-0.2, 0) is 0 Å². The molecular weight excluding hydrogens is 300 g/mol. The van der Waals surface area contributed by atoms with Gasteiger partial charge in [-0.15, -0.1) is 0 Å². The molecule has 0 N–H and O–H groups in total. The van der Waals surface area contributed by atoms with E-state index in [-0.39, 0.29) is 0 Å². The molecule has 23 heavy (non-hydrogen) atoms. The van der Waals surface area contributed by atoms with Gasteiger partial charge in [0, 0.05) is 5.03 Å². The minimum absolute atomic E-state index is 0.797. The van der Waals surface area contributed by atoms with Gasteiger partial charge in [-0.3, -0.25) is 0 Å². The molecule has 3 aromatic rings. The summed E-state index contributed by atoms with van der Waals surface area (Å²) >= 11 is 6.16.